The Bertz CT molecular complexity index is 1900. The highest BCUT2D eigenvalue weighted by atomic mass is 16.8. The minimum absolute atomic E-state index is 0.0537. The van der Waals surface area contributed by atoms with Gasteiger partial charge in [0.05, 0.1) is 62.9 Å². The SMILES string of the molecule is COC(=O)C1OC(OC2CCC3(C)C(CCC4(C)C3CC=C3C5CC(C)(C)C(O)C(O)C5(CO)C(O)C(O)C34C)C2(C)C)C(OC2OC(CO)C(O)C(O)C2O)C(O)C1OC1OC(CO)C(O)C1O. The lowest BCUT2D eigenvalue weighted by atomic mass is 9.32. The van der Waals surface area contributed by atoms with E-state index in [2.05, 4.69) is 33.8 Å². The van der Waals surface area contributed by atoms with Crippen LogP contribution in [0.5, 0.6) is 0 Å². The van der Waals surface area contributed by atoms with Crippen molar-refractivity contribution in [2.45, 2.75) is 204 Å². The average molecular weight is 991 g/mol. The molecular formula is C48H78O21. The molecule has 26 atom stereocenters. The first kappa shape index (κ1) is 53.7. The van der Waals surface area contributed by atoms with Gasteiger partial charge in [-0.15, -0.1) is 0 Å². The molecule has 0 radical (unpaired) electrons. The van der Waals surface area contributed by atoms with Gasteiger partial charge in [-0.1, -0.05) is 60.1 Å². The van der Waals surface area contributed by atoms with Gasteiger partial charge in [-0.05, 0) is 77.9 Å². The van der Waals surface area contributed by atoms with Crippen LogP contribution in [0.3, 0.4) is 0 Å². The van der Waals surface area contributed by atoms with Crippen molar-refractivity contribution in [3.05, 3.63) is 11.6 Å². The molecule has 396 valence electrons. The van der Waals surface area contributed by atoms with Crippen molar-refractivity contribution < 1.29 is 104 Å². The van der Waals surface area contributed by atoms with Crippen LogP contribution in [0.25, 0.3) is 0 Å². The zero-order chi connectivity index (χ0) is 50.9. The van der Waals surface area contributed by atoms with E-state index in [1.165, 1.54) is 0 Å². The van der Waals surface area contributed by atoms with Crippen molar-refractivity contribution in [1.82, 2.24) is 0 Å². The molecule has 8 aliphatic rings. The van der Waals surface area contributed by atoms with Crippen molar-refractivity contribution >= 4 is 5.97 Å². The van der Waals surface area contributed by atoms with E-state index in [0.717, 1.165) is 12.7 Å². The smallest absolute Gasteiger partial charge is 0.337 e. The van der Waals surface area contributed by atoms with E-state index < -0.39 is 181 Å². The fourth-order valence-electron chi connectivity index (χ4n) is 15.3. The molecule has 3 heterocycles. The lowest BCUT2D eigenvalue weighted by Crippen LogP contribution is -2.76. The average Bonchev–Trinajstić information content (AvgIpc) is 3.58. The highest BCUT2D eigenvalue weighted by molar-refractivity contribution is 5.75. The van der Waals surface area contributed by atoms with Crippen molar-refractivity contribution in [2.75, 3.05) is 26.9 Å². The van der Waals surface area contributed by atoms with Crippen LogP contribution in [0.2, 0.25) is 0 Å². The molecule has 0 amide bonds. The molecule has 8 rings (SSSR count). The largest absolute Gasteiger partial charge is 0.467 e. The fourth-order valence-corrected chi connectivity index (χ4v) is 15.3. The zero-order valence-corrected chi connectivity index (χ0v) is 40.7. The van der Waals surface area contributed by atoms with Crippen molar-refractivity contribution in [2.24, 2.45) is 50.2 Å². The lowest BCUT2D eigenvalue weighted by Gasteiger charge is -2.73. The van der Waals surface area contributed by atoms with Gasteiger partial charge >= 0.3 is 5.97 Å². The second-order valence-corrected chi connectivity index (χ2v) is 23.5. The summed E-state index contributed by atoms with van der Waals surface area (Å²) in [6.45, 7) is 12.1. The lowest BCUT2D eigenvalue weighted by molar-refractivity contribution is -0.383. The topological polar surface area (TPSA) is 345 Å². The van der Waals surface area contributed by atoms with Crippen molar-refractivity contribution in [3.8, 4) is 0 Å². The number of methoxy groups -OCH3 is 1. The molecular weight excluding hydrogens is 913 g/mol. The number of hydrogen-bond donors (Lipinski definition) is 13. The van der Waals surface area contributed by atoms with Crippen LogP contribution in [0.4, 0.5) is 0 Å². The van der Waals surface area contributed by atoms with Crippen LogP contribution in [0.15, 0.2) is 11.6 Å². The Balaban J connectivity index is 1.11. The van der Waals surface area contributed by atoms with Gasteiger partial charge in [0.2, 0.25) is 0 Å². The Morgan fingerprint density at radius 1 is 0.638 bits per heavy atom. The van der Waals surface area contributed by atoms with Gasteiger partial charge in [0, 0.05) is 5.41 Å². The summed E-state index contributed by atoms with van der Waals surface area (Å²) >= 11 is 0. The maximum absolute atomic E-state index is 13.5. The van der Waals surface area contributed by atoms with E-state index >= 15 is 0 Å². The molecule has 21 nitrogen and oxygen atoms in total. The molecule has 4 saturated carbocycles. The molecule has 69 heavy (non-hydrogen) atoms. The summed E-state index contributed by atoms with van der Waals surface area (Å²) in [4.78, 5) is 13.5. The number of carbonyl (C=O) groups is 1. The number of allylic oxidation sites excluding steroid dienone is 1. The number of hydrogen-bond acceptors (Lipinski definition) is 21. The number of esters is 1. The zero-order valence-electron chi connectivity index (χ0n) is 40.7. The van der Waals surface area contributed by atoms with Gasteiger partial charge in [0.15, 0.2) is 25.0 Å². The van der Waals surface area contributed by atoms with Crippen LogP contribution >= 0.6 is 0 Å². The van der Waals surface area contributed by atoms with Gasteiger partial charge in [0.1, 0.15) is 61.0 Å². The molecule has 3 saturated heterocycles. The molecule has 7 fully saturated rings. The molecule has 26 unspecified atom stereocenters. The highest BCUT2D eigenvalue weighted by Crippen LogP contribution is 2.76. The molecule has 0 aromatic rings. The summed E-state index contributed by atoms with van der Waals surface area (Å²) in [7, 11) is 1.07. The summed E-state index contributed by atoms with van der Waals surface area (Å²) in [6, 6.07) is 0. The number of carbonyl (C=O) groups excluding carboxylic acids is 1. The minimum Gasteiger partial charge on any atom is -0.467 e. The molecule has 21 heteroatoms. The van der Waals surface area contributed by atoms with Crippen molar-refractivity contribution in [1.29, 1.82) is 0 Å². The van der Waals surface area contributed by atoms with Crippen LogP contribution in [0, 0.1) is 50.2 Å². The van der Waals surface area contributed by atoms with Crippen LogP contribution in [0.1, 0.15) is 87.0 Å². The Labute approximate surface area is 401 Å². The van der Waals surface area contributed by atoms with Crippen LogP contribution in [-0.2, 0) is 38.0 Å². The van der Waals surface area contributed by atoms with E-state index in [9.17, 15) is 71.2 Å². The number of rotatable bonds is 10. The fraction of sp³-hybridized carbons (Fsp3) is 0.938. The Morgan fingerprint density at radius 2 is 1.20 bits per heavy atom. The van der Waals surface area contributed by atoms with Gasteiger partial charge < -0.3 is 99.5 Å². The van der Waals surface area contributed by atoms with Gasteiger partial charge in [-0.2, -0.15) is 0 Å². The highest BCUT2D eigenvalue weighted by Gasteiger charge is 2.75. The second-order valence-electron chi connectivity index (χ2n) is 23.5. The van der Waals surface area contributed by atoms with E-state index in [1.54, 1.807) is 0 Å². The first-order valence-corrected chi connectivity index (χ1v) is 24.5. The summed E-state index contributed by atoms with van der Waals surface area (Å²) in [5, 5.41) is 144. The van der Waals surface area contributed by atoms with Crippen LogP contribution in [-0.4, -0.2) is 216 Å². The molecule has 0 bridgehead atoms. The first-order valence-electron chi connectivity index (χ1n) is 24.5. The van der Waals surface area contributed by atoms with E-state index in [-0.39, 0.29) is 11.8 Å². The number of aliphatic hydroxyl groups is 13. The maximum atomic E-state index is 13.5. The summed E-state index contributed by atoms with van der Waals surface area (Å²) in [6.07, 6.45) is -25.1. The van der Waals surface area contributed by atoms with Gasteiger partial charge in [-0.25, -0.2) is 4.79 Å². The quantitative estimate of drug-likeness (QED) is 0.0602. The van der Waals surface area contributed by atoms with Crippen molar-refractivity contribution in [3.63, 3.8) is 0 Å². The van der Waals surface area contributed by atoms with E-state index in [1.807, 2.05) is 20.8 Å². The minimum atomic E-state index is -1.96. The standard InChI is InChI=1S/C48H78O21/c1-43(2)15-20-19-9-10-24-45(5)13-12-25(44(3,4)23(45)11-14-46(24,6)47(19,7)36(59)38(61)48(20,18-51)37(60)35(43)58)66-42-33(68-41-30(56)28(54)26(52)21(16-49)64-41)31(57)32(34(69-42)39(62)63-8)67-40-29(55)27(53)22(17-50)65-40/h9,20-38,40-42,49-61H,10-18H2,1-8H3. The molecule has 3 aliphatic heterocycles. The molecule has 0 aromatic carbocycles. The predicted octanol–water partition coefficient (Wildman–Crippen LogP) is -2.68. The molecule has 5 aliphatic carbocycles. The third-order valence-electron chi connectivity index (χ3n) is 19.6. The maximum Gasteiger partial charge on any atom is 0.337 e. The number of ether oxygens (including phenoxy) is 7. The Kier molecular flexibility index (Phi) is 14.5. The first-order chi connectivity index (χ1) is 32.2. The van der Waals surface area contributed by atoms with Crippen LogP contribution < -0.4 is 0 Å². The normalized spacial score (nSPS) is 54.6. The van der Waals surface area contributed by atoms with Gasteiger partial charge in [-0.3, -0.25) is 0 Å². The summed E-state index contributed by atoms with van der Waals surface area (Å²) < 4.78 is 41.5. The molecule has 0 aromatic heterocycles. The second kappa shape index (κ2) is 18.7. The predicted molar refractivity (Wildman–Crippen MR) is 235 cm³/mol. The van der Waals surface area contributed by atoms with Gasteiger partial charge in [0.25, 0.3) is 0 Å². The Hall–Kier alpha value is -1.55. The third-order valence-corrected chi connectivity index (χ3v) is 19.6. The molecule has 13 N–H and O–H groups in total. The third kappa shape index (κ3) is 7.77. The number of fused-ring (bicyclic) bond motifs is 7. The number of aliphatic hydroxyl groups excluding tert-OH is 13. The monoisotopic (exact) mass is 991 g/mol. The summed E-state index contributed by atoms with van der Waals surface area (Å²) in [5.41, 5.74) is -4.18. The molecule has 0 spiro atoms. The Morgan fingerprint density at radius 3 is 1.78 bits per heavy atom. The van der Waals surface area contributed by atoms with E-state index in [0.29, 0.717) is 38.5 Å². The summed E-state index contributed by atoms with van der Waals surface area (Å²) in [5.74, 6) is -1.70. The van der Waals surface area contributed by atoms with E-state index in [4.69, 9.17) is 33.2 Å².